The Balaban J connectivity index is 0.000000583. The summed E-state index contributed by atoms with van der Waals surface area (Å²) >= 11 is 0. The molecule has 0 aromatic heterocycles. The molecule has 0 spiro atoms. The summed E-state index contributed by atoms with van der Waals surface area (Å²) < 4.78 is 4.79. The van der Waals surface area contributed by atoms with Crippen LogP contribution in [0.1, 0.15) is 24.2 Å². The van der Waals surface area contributed by atoms with Gasteiger partial charge in [-0.3, -0.25) is 0 Å². The topological polar surface area (TPSA) is 69.4 Å². The molecule has 15 heavy (non-hydrogen) atoms. The summed E-state index contributed by atoms with van der Waals surface area (Å²) in [6.07, 6.45) is 0.750. The highest BCUT2D eigenvalue weighted by atomic mass is 16.5. The number of nitrogens with two attached hydrogens (primary N) is 1. The van der Waals surface area contributed by atoms with Gasteiger partial charge in [0.15, 0.2) is 0 Å². The second-order valence-electron chi connectivity index (χ2n) is 2.58. The Morgan fingerprint density at radius 2 is 1.87 bits per heavy atom. The van der Waals surface area contributed by atoms with E-state index in [1.54, 1.807) is 31.2 Å². The summed E-state index contributed by atoms with van der Waals surface area (Å²) in [7, 11) is 0. The number of carbonyl (C=O) groups excluding carboxylic acids is 2. The molecule has 0 amide bonds. The van der Waals surface area contributed by atoms with E-state index in [2.05, 4.69) is 0 Å². The summed E-state index contributed by atoms with van der Waals surface area (Å²) in [6.45, 7) is 3.61. The summed E-state index contributed by atoms with van der Waals surface area (Å²) in [5.74, 6) is -0.308. The lowest BCUT2D eigenvalue weighted by molar-refractivity contribution is -0.106. The third kappa shape index (κ3) is 5.46. The standard InChI is InChI=1S/C9H11NO2.C2H4O/c1-2-12-9(11)7-3-5-8(10)6-4-7;1-2-3/h3-6H,2,10H2,1H3;2H,1H3. The molecule has 4 heteroatoms. The first kappa shape index (κ1) is 13.2. The van der Waals surface area contributed by atoms with Crippen LogP contribution < -0.4 is 5.73 Å². The van der Waals surface area contributed by atoms with E-state index in [0.717, 1.165) is 6.29 Å². The van der Waals surface area contributed by atoms with Gasteiger partial charge >= 0.3 is 5.97 Å². The molecule has 1 aromatic carbocycles. The molecule has 0 unspecified atom stereocenters. The first-order valence-electron chi connectivity index (χ1n) is 4.58. The average molecular weight is 209 g/mol. The highest BCUT2D eigenvalue weighted by molar-refractivity contribution is 5.89. The van der Waals surface area contributed by atoms with Gasteiger partial charge in [0.05, 0.1) is 12.2 Å². The van der Waals surface area contributed by atoms with Crippen LogP contribution in [0, 0.1) is 0 Å². The fourth-order valence-electron chi connectivity index (χ4n) is 0.834. The van der Waals surface area contributed by atoms with Gasteiger partial charge in [-0.05, 0) is 38.1 Å². The van der Waals surface area contributed by atoms with Crippen molar-refractivity contribution in [2.45, 2.75) is 13.8 Å². The Kier molecular flexibility index (Phi) is 6.63. The smallest absolute Gasteiger partial charge is 0.338 e. The van der Waals surface area contributed by atoms with Crippen LogP contribution in [0.25, 0.3) is 0 Å². The van der Waals surface area contributed by atoms with Crippen LogP contribution in [0.4, 0.5) is 5.69 Å². The molecular formula is C11H15NO3. The molecule has 0 aliphatic carbocycles. The van der Waals surface area contributed by atoms with E-state index in [1.807, 2.05) is 0 Å². The predicted molar refractivity (Wildman–Crippen MR) is 58.5 cm³/mol. The van der Waals surface area contributed by atoms with Crippen molar-refractivity contribution in [1.29, 1.82) is 0 Å². The molecule has 0 heterocycles. The van der Waals surface area contributed by atoms with Gasteiger partial charge in [0.1, 0.15) is 6.29 Å². The van der Waals surface area contributed by atoms with Crippen LogP contribution in [0.3, 0.4) is 0 Å². The minimum absolute atomic E-state index is 0.308. The number of anilines is 1. The Bertz CT molecular complexity index is 306. The number of hydrogen-bond donors (Lipinski definition) is 1. The fourth-order valence-corrected chi connectivity index (χ4v) is 0.834. The maximum Gasteiger partial charge on any atom is 0.338 e. The van der Waals surface area contributed by atoms with E-state index in [9.17, 15) is 4.79 Å². The molecule has 0 radical (unpaired) electrons. The third-order valence-corrected chi connectivity index (χ3v) is 1.42. The normalized spacial score (nSPS) is 8.40. The first-order chi connectivity index (χ1) is 7.15. The van der Waals surface area contributed by atoms with E-state index in [4.69, 9.17) is 15.3 Å². The number of nitrogen functional groups attached to an aromatic ring is 1. The molecule has 0 fully saturated rings. The van der Waals surface area contributed by atoms with Crippen molar-refractivity contribution in [1.82, 2.24) is 0 Å². The van der Waals surface area contributed by atoms with Crippen molar-refractivity contribution in [3.8, 4) is 0 Å². The molecule has 4 nitrogen and oxygen atoms in total. The largest absolute Gasteiger partial charge is 0.462 e. The molecule has 0 saturated heterocycles. The van der Waals surface area contributed by atoms with E-state index in [0.29, 0.717) is 17.9 Å². The molecule has 1 rings (SSSR count). The zero-order chi connectivity index (χ0) is 11.7. The molecule has 0 aliphatic heterocycles. The number of esters is 1. The molecule has 0 saturated carbocycles. The number of aldehydes is 1. The SMILES string of the molecule is CC=O.CCOC(=O)c1ccc(N)cc1. The number of benzene rings is 1. The van der Waals surface area contributed by atoms with E-state index in [1.165, 1.54) is 6.92 Å². The Morgan fingerprint density at radius 3 is 2.27 bits per heavy atom. The van der Waals surface area contributed by atoms with Gasteiger partial charge in [-0.1, -0.05) is 0 Å². The molecule has 0 bridgehead atoms. The Morgan fingerprint density at radius 1 is 1.40 bits per heavy atom. The third-order valence-electron chi connectivity index (χ3n) is 1.42. The van der Waals surface area contributed by atoms with Crippen molar-refractivity contribution in [3.05, 3.63) is 29.8 Å². The minimum atomic E-state index is -0.308. The van der Waals surface area contributed by atoms with E-state index >= 15 is 0 Å². The van der Waals surface area contributed by atoms with Crippen LogP contribution in [-0.4, -0.2) is 18.9 Å². The first-order valence-corrected chi connectivity index (χ1v) is 4.58. The average Bonchev–Trinajstić information content (AvgIpc) is 2.20. The van der Waals surface area contributed by atoms with Crippen LogP contribution in [0.2, 0.25) is 0 Å². The van der Waals surface area contributed by atoms with Crippen LogP contribution in [0.5, 0.6) is 0 Å². The number of rotatable bonds is 2. The summed E-state index contributed by atoms with van der Waals surface area (Å²) in [5.41, 5.74) is 6.62. The molecule has 2 N–H and O–H groups in total. The monoisotopic (exact) mass is 209 g/mol. The lowest BCUT2D eigenvalue weighted by Crippen LogP contribution is -2.04. The van der Waals surface area contributed by atoms with Gasteiger partial charge in [-0.25, -0.2) is 4.79 Å². The van der Waals surface area contributed by atoms with Crippen LogP contribution >= 0.6 is 0 Å². The van der Waals surface area contributed by atoms with Crippen molar-refractivity contribution >= 4 is 17.9 Å². The number of ether oxygens (including phenoxy) is 1. The van der Waals surface area contributed by atoms with Gasteiger partial charge in [-0.15, -0.1) is 0 Å². The minimum Gasteiger partial charge on any atom is -0.462 e. The molecule has 82 valence electrons. The lowest BCUT2D eigenvalue weighted by Gasteiger charge is -2.00. The predicted octanol–water partition coefficient (Wildman–Crippen LogP) is 1.65. The molecule has 1 aromatic rings. The van der Waals surface area contributed by atoms with Crippen molar-refractivity contribution in [2.24, 2.45) is 0 Å². The maximum absolute atomic E-state index is 11.1. The number of carbonyl (C=O) groups is 2. The molecular weight excluding hydrogens is 194 g/mol. The van der Waals surface area contributed by atoms with E-state index in [-0.39, 0.29) is 5.97 Å². The van der Waals surface area contributed by atoms with Crippen molar-refractivity contribution in [2.75, 3.05) is 12.3 Å². The van der Waals surface area contributed by atoms with Gasteiger partial charge in [0.25, 0.3) is 0 Å². The summed E-state index contributed by atoms with van der Waals surface area (Å²) in [6, 6.07) is 6.64. The fraction of sp³-hybridized carbons (Fsp3) is 0.273. The van der Waals surface area contributed by atoms with Crippen molar-refractivity contribution < 1.29 is 14.3 Å². The Hall–Kier alpha value is -1.84. The van der Waals surface area contributed by atoms with Gasteiger partial charge in [-0.2, -0.15) is 0 Å². The van der Waals surface area contributed by atoms with Crippen LogP contribution in [-0.2, 0) is 9.53 Å². The van der Waals surface area contributed by atoms with Gasteiger partial charge in [0.2, 0.25) is 0 Å². The number of hydrogen-bond acceptors (Lipinski definition) is 4. The van der Waals surface area contributed by atoms with Gasteiger partial charge < -0.3 is 15.3 Å². The highest BCUT2D eigenvalue weighted by Gasteiger charge is 2.03. The maximum atomic E-state index is 11.1. The quantitative estimate of drug-likeness (QED) is 0.457. The molecule has 0 aliphatic rings. The summed E-state index contributed by atoms with van der Waals surface area (Å²) in [5, 5.41) is 0. The summed E-state index contributed by atoms with van der Waals surface area (Å²) in [4.78, 5) is 19.9. The zero-order valence-electron chi connectivity index (χ0n) is 8.90. The highest BCUT2D eigenvalue weighted by Crippen LogP contribution is 2.06. The van der Waals surface area contributed by atoms with Gasteiger partial charge in [0, 0.05) is 5.69 Å². The van der Waals surface area contributed by atoms with Crippen molar-refractivity contribution in [3.63, 3.8) is 0 Å². The zero-order valence-corrected chi connectivity index (χ0v) is 8.90. The second-order valence-corrected chi connectivity index (χ2v) is 2.58. The lowest BCUT2D eigenvalue weighted by atomic mass is 10.2. The second kappa shape index (κ2) is 7.55. The molecule has 0 atom stereocenters. The van der Waals surface area contributed by atoms with Crippen LogP contribution in [0.15, 0.2) is 24.3 Å². The van der Waals surface area contributed by atoms with E-state index < -0.39 is 0 Å². The Labute approximate surface area is 89.0 Å².